The fourth-order valence-corrected chi connectivity index (χ4v) is 2.32. The van der Waals surface area contributed by atoms with Gasteiger partial charge in [0.15, 0.2) is 0 Å². The van der Waals surface area contributed by atoms with Crippen LogP contribution in [-0.4, -0.2) is 60.8 Å². The van der Waals surface area contributed by atoms with Crippen molar-refractivity contribution in [2.75, 3.05) is 40.4 Å². The number of nitrogens with one attached hydrogen (secondary N) is 2. The van der Waals surface area contributed by atoms with Crippen molar-refractivity contribution in [1.82, 2.24) is 19.8 Å². The molecular weight excluding hydrogens is 296 g/mol. The van der Waals surface area contributed by atoms with Crippen LogP contribution in [0.4, 0.5) is 0 Å². The van der Waals surface area contributed by atoms with E-state index in [1.165, 1.54) is 0 Å². The molecule has 0 bridgehead atoms. The van der Waals surface area contributed by atoms with E-state index >= 15 is 0 Å². The zero-order valence-corrected chi connectivity index (χ0v) is 13.9. The SMILES string of the molecule is CCOCCn1c(=O)[nH]c2cc(C(=O)NCCN(C)C)ccc21. The second-order valence-corrected chi connectivity index (χ2v) is 5.57. The molecule has 0 atom stereocenters. The monoisotopic (exact) mass is 320 g/mol. The molecule has 23 heavy (non-hydrogen) atoms. The first-order chi connectivity index (χ1) is 11.0. The lowest BCUT2D eigenvalue weighted by atomic mass is 10.2. The van der Waals surface area contributed by atoms with Crippen LogP contribution in [0.5, 0.6) is 0 Å². The summed E-state index contributed by atoms with van der Waals surface area (Å²) in [5.41, 5.74) is 1.78. The Kier molecular flexibility index (Phi) is 5.95. The molecule has 0 saturated heterocycles. The van der Waals surface area contributed by atoms with Crippen LogP contribution < -0.4 is 11.0 Å². The Morgan fingerprint density at radius 1 is 1.39 bits per heavy atom. The third kappa shape index (κ3) is 4.43. The van der Waals surface area contributed by atoms with Crippen LogP contribution in [0, 0.1) is 0 Å². The van der Waals surface area contributed by atoms with Gasteiger partial charge < -0.3 is 19.9 Å². The highest BCUT2D eigenvalue weighted by atomic mass is 16.5. The molecule has 126 valence electrons. The molecule has 0 saturated carbocycles. The Hall–Kier alpha value is -2.12. The molecule has 1 heterocycles. The molecule has 2 N–H and O–H groups in total. The van der Waals surface area contributed by atoms with Crippen molar-refractivity contribution in [2.24, 2.45) is 0 Å². The van der Waals surface area contributed by atoms with Crippen LogP contribution in [0.2, 0.25) is 0 Å². The van der Waals surface area contributed by atoms with Gasteiger partial charge in [-0.05, 0) is 39.2 Å². The maximum Gasteiger partial charge on any atom is 0.326 e. The second kappa shape index (κ2) is 7.94. The Morgan fingerprint density at radius 2 is 2.17 bits per heavy atom. The Bertz CT molecular complexity index is 718. The van der Waals surface area contributed by atoms with E-state index in [9.17, 15) is 9.59 Å². The van der Waals surface area contributed by atoms with E-state index in [1.807, 2.05) is 25.9 Å². The van der Waals surface area contributed by atoms with Crippen LogP contribution in [0.15, 0.2) is 23.0 Å². The smallest absolute Gasteiger partial charge is 0.326 e. The highest BCUT2D eigenvalue weighted by Crippen LogP contribution is 2.13. The van der Waals surface area contributed by atoms with Crippen LogP contribution in [0.25, 0.3) is 11.0 Å². The van der Waals surface area contributed by atoms with E-state index in [0.717, 1.165) is 12.1 Å². The molecule has 0 aliphatic heterocycles. The van der Waals surface area contributed by atoms with Gasteiger partial charge in [-0.3, -0.25) is 9.36 Å². The van der Waals surface area contributed by atoms with Gasteiger partial charge in [-0.25, -0.2) is 4.79 Å². The molecule has 2 aromatic rings. The summed E-state index contributed by atoms with van der Waals surface area (Å²) in [6.07, 6.45) is 0. The molecule has 7 nitrogen and oxygen atoms in total. The zero-order chi connectivity index (χ0) is 16.8. The number of aromatic nitrogens is 2. The minimum atomic E-state index is -0.190. The summed E-state index contributed by atoms with van der Waals surface area (Å²) >= 11 is 0. The summed E-state index contributed by atoms with van der Waals surface area (Å²) in [6.45, 7) is 4.86. The maximum atomic E-state index is 12.1. The van der Waals surface area contributed by atoms with Crippen molar-refractivity contribution in [1.29, 1.82) is 0 Å². The largest absolute Gasteiger partial charge is 0.380 e. The summed E-state index contributed by atoms with van der Waals surface area (Å²) in [5.74, 6) is -0.142. The van der Waals surface area contributed by atoms with Crippen LogP contribution in [0.1, 0.15) is 17.3 Å². The summed E-state index contributed by atoms with van der Waals surface area (Å²) < 4.78 is 6.92. The number of rotatable bonds is 8. The van der Waals surface area contributed by atoms with Gasteiger partial charge >= 0.3 is 5.69 Å². The third-order valence-corrected chi connectivity index (χ3v) is 3.54. The van der Waals surface area contributed by atoms with Crippen molar-refractivity contribution in [3.8, 4) is 0 Å². The van der Waals surface area contributed by atoms with Gasteiger partial charge in [-0.1, -0.05) is 0 Å². The standard InChI is InChI=1S/C16H24N4O3/c1-4-23-10-9-20-14-6-5-12(11-13(14)18-16(20)22)15(21)17-7-8-19(2)3/h5-6,11H,4,7-10H2,1-3H3,(H,17,21)(H,18,22). The second-order valence-electron chi connectivity index (χ2n) is 5.57. The minimum Gasteiger partial charge on any atom is -0.380 e. The van der Waals surface area contributed by atoms with Crippen LogP contribution in [-0.2, 0) is 11.3 Å². The van der Waals surface area contributed by atoms with E-state index in [1.54, 1.807) is 22.8 Å². The summed E-state index contributed by atoms with van der Waals surface area (Å²) in [5, 5.41) is 2.86. The van der Waals surface area contributed by atoms with E-state index in [2.05, 4.69) is 10.3 Å². The first kappa shape index (κ1) is 17.2. The molecule has 0 radical (unpaired) electrons. The topological polar surface area (TPSA) is 79.4 Å². The number of aromatic amines is 1. The molecule has 0 aliphatic carbocycles. The van der Waals surface area contributed by atoms with Gasteiger partial charge in [0.1, 0.15) is 0 Å². The number of ether oxygens (including phenoxy) is 1. The number of amides is 1. The molecule has 0 unspecified atom stereocenters. The fraction of sp³-hybridized carbons (Fsp3) is 0.500. The van der Waals surface area contributed by atoms with Crippen molar-refractivity contribution < 1.29 is 9.53 Å². The Labute approximate surface area is 135 Å². The molecule has 0 fully saturated rings. The lowest BCUT2D eigenvalue weighted by molar-refractivity contribution is 0.0951. The van der Waals surface area contributed by atoms with Gasteiger partial charge in [0.05, 0.1) is 24.2 Å². The zero-order valence-electron chi connectivity index (χ0n) is 13.9. The highest BCUT2D eigenvalue weighted by Gasteiger charge is 2.11. The number of likely N-dealkylation sites (N-methyl/N-ethyl adjacent to an activating group) is 1. The fourth-order valence-electron chi connectivity index (χ4n) is 2.32. The lowest BCUT2D eigenvalue weighted by Crippen LogP contribution is -2.31. The number of imidazole rings is 1. The Balaban J connectivity index is 2.13. The number of fused-ring (bicyclic) bond motifs is 1. The number of carbonyl (C=O) groups is 1. The van der Waals surface area contributed by atoms with Crippen molar-refractivity contribution in [3.05, 3.63) is 34.2 Å². The van der Waals surface area contributed by atoms with E-state index < -0.39 is 0 Å². The van der Waals surface area contributed by atoms with E-state index in [0.29, 0.717) is 37.4 Å². The summed E-state index contributed by atoms with van der Waals surface area (Å²) in [7, 11) is 3.90. The van der Waals surface area contributed by atoms with Crippen molar-refractivity contribution >= 4 is 16.9 Å². The lowest BCUT2D eigenvalue weighted by Gasteiger charge is -2.10. The van der Waals surface area contributed by atoms with Gasteiger partial charge in [0.2, 0.25) is 0 Å². The third-order valence-electron chi connectivity index (χ3n) is 3.54. The van der Waals surface area contributed by atoms with E-state index in [-0.39, 0.29) is 11.6 Å². The van der Waals surface area contributed by atoms with E-state index in [4.69, 9.17) is 4.74 Å². The molecule has 7 heteroatoms. The summed E-state index contributed by atoms with van der Waals surface area (Å²) in [4.78, 5) is 28.9. The van der Waals surface area contributed by atoms with Gasteiger partial charge in [0.25, 0.3) is 5.91 Å². The normalized spacial score (nSPS) is 11.3. The number of hydrogen-bond acceptors (Lipinski definition) is 4. The van der Waals surface area contributed by atoms with Crippen LogP contribution >= 0.6 is 0 Å². The molecule has 0 aliphatic rings. The average molecular weight is 320 g/mol. The molecule has 1 aromatic carbocycles. The number of nitrogens with zero attached hydrogens (tertiary/aromatic N) is 2. The predicted octanol–water partition coefficient (Wildman–Crippen LogP) is 0.657. The first-order valence-corrected chi connectivity index (χ1v) is 7.76. The quantitative estimate of drug-likeness (QED) is 0.700. The minimum absolute atomic E-state index is 0.142. The molecule has 0 spiro atoms. The molecule has 1 amide bonds. The number of H-pyrrole nitrogens is 1. The Morgan fingerprint density at radius 3 is 2.87 bits per heavy atom. The van der Waals surface area contributed by atoms with Crippen molar-refractivity contribution in [3.63, 3.8) is 0 Å². The number of hydrogen-bond donors (Lipinski definition) is 2. The van der Waals surface area contributed by atoms with Gasteiger partial charge in [-0.15, -0.1) is 0 Å². The number of carbonyl (C=O) groups excluding carboxylic acids is 1. The van der Waals surface area contributed by atoms with Crippen LogP contribution in [0.3, 0.4) is 0 Å². The average Bonchev–Trinajstić information content (AvgIpc) is 2.82. The molecular formula is C16H24N4O3. The summed E-state index contributed by atoms with van der Waals surface area (Å²) in [6, 6.07) is 5.23. The first-order valence-electron chi connectivity index (χ1n) is 7.76. The predicted molar refractivity (Wildman–Crippen MR) is 89.9 cm³/mol. The molecule has 2 rings (SSSR count). The number of benzene rings is 1. The van der Waals surface area contributed by atoms with Gasteiger partial charge in [-0.2, -0.15) is 0 Å². The van der Waals surface area contributed by atoms with Gasteiger partial charge in [0, 0.05) is 25.3 Å². The van der Waals surface area contributed by atoms with Crippen molar-refractivity contribution in [2.45, 2.75) is 13.5 Å². The molecule has 1 aromatic heterocycles. The maximum absolute atomic E-state index is 12.1. The highest BCUT2D eigenvalue weighted by molar-refractivity contribution is 5.97.